The number of ether oxygens (including phenoxy) is 1. The Morgan fingerprint density at radius 1 is 1.09 bits per heavy atom. The molecule has 2 heterocycles. The Balaban J connectivity index is 1.31. The molecule has 180 valence electrons. The van der Waals surface area contributed by atoms with Crippen LogP contribution in [0.3, 0.4) is 0 Å². The third-order valence-corrected chi connectivity index (χ3v) is 7.77. The predicted octanol–water partition coefficient (Wildman–Crippen LogP) is 3.51. The Labute approximate surface area is 212 Å². The van der Waals surface area contributed by atoms with Crippen LogP contribution in [0.1, 0.15) is 0 Å². The molecule has 4 rings (SSSR count). The van der Waals surface area contributed by atoms with E-state index in [2.05, 4.69) is 22.0 Å². The summed E-state index contributed by atoms with van der Waals surface area (Å²) in [5.41, 5.74) is 2.15. The molecule has 0 radical (unpaired) electrons. The standard InChI is InChI=1S/C24H27ClN4O3S2/c1-32-14-13-29-20-8-7-18(25)15-21(20)34-24(29)26-22(30)16-33-17-23(31)28-11-9-27(10-12-28)19-5-3-2-4-6-19/h2-8,15H,9-14,16-17H2,1H3. The second-order valence-corrected chi connectivity index (χ2v) is 10.3. The van der Waals surface area contributed by atoms with E-state index in [-0.39, 0.29) is 23.3 Å². The number of aromatic nitrogens is 1. The summed E-state index contributed by atoms with van der Waals surface area (Å²) in [6, 6.07) is 15.9. The molecular weight excluding hydrogens is 492 g/mol. The molecule has 0 N–H and O–H groups in total. The number of anilines is 1. The van der Waals surface area contributed by atoms with E-state index in [1.807, 2.05) is 45.9 Å². The zero-order valence-corrected chi connectivity index (χ0v) is 21.4. The number of benzene rings is 2. The Bertz CT molecular complexity index is 1200. The summed E-state index contributed by atoms with van der Waals surface area (Å²) in [7, 11) is 1.64. The molecule has 2 aromatic carbocycles. The molecule has 2 amide bonds. The van der Waals surface area contributed by atoms with E-state index in [9.17, 15) is 9.59 Å². The van der Waals surface area contributed by atoms with Gasteiger partial charge in [-0.25, -0.2) is 0 Å². The zero-order chi connectivity index (χ0) is 23.9. The van der Waals surface area contributed by atoms with Gasteiger partial charge in [-0.2, -0.15) is 4.99 Å². The highest BCUT2D eigenvalue weighted by atomic mass is 35.5. The van der Waals surface area contributed by atoms with Crippen molar-refractivity contribution in [2.75, 3.05) is 56.3 Å². The quantitative estimate of drug-likeness (QED) is 0.456. The average molecular weight is 519 g/mol. The Morgan fingerprint density at radius 3 is 2.59 bits per heavy atom. The first-order valence-corrected chi connectivity index (χ1v) is 13.4. The molecule has 7 nitrogen and oxygen atoms in total. The normalized spacial score (nSPS) is 14.7. The van der Waals surface area contributed by atoms with E-state index < -0.39 is 0 Å². The lowest BCUT2D eigenvalue weighted by Crippen LogP contribution is -2.49. The van der Waals surface area contributed by atoms with Crippen LogP contribution >= 0.6 is 34.7 Å². The molecule has 0 saturated carbocycles. The van der Waals surface area contributed by atoms with Gasteiger partial charge in [-0.1, -0.05) is 41.1 Å². The Morgan fingerprint density at radius 2 is 1.85 bits per heavy atom. The van der Waals surface area contributed by atoms with Crippen molar-refractivity contribution in [3.8, 4) is 0 Å². The van der Waals surface area contributed by atoms with Crippen molar-refractivity contribution in [1.29, 1.82) is 0 Å². The van der Waals surface area contributed by atoms with Gasteiger partial charge in [0.25, 0.3) is 5.91 Å². The number of para-hydroxylation sites is 1. The molecule has 3 aromatic rings. The van der Waals surface area contributed by atoms with E-state index in [0.29, 0.717) is 36.1 Å². The van der Waals surface area contributed by atoms with Crippen LogP contribution in [-0.2, 0) is 20.9 Å². The molecule has 1 saturated heterocycles. The lowest BCUT2D eigenvalue weighted by atomic mass is 10.2. The summed E-state index contributed by atoms with van der Waals surface area (Å²) in [5, 5.41) is 0.643. The number of halogens is 1. The summed E-state index contributed by atoms with van der Waals surface area (Å²) in [4.78, 5) is 34.3. The zero-order valence-electron chi connectivity index (χ0n) is 19.0. The number of thioether (sulfide) groups is 1. The fourth-order valence-electron chi connectivity index (χ4n) is 3.84. The first kappa shape index (κ1) is 24.8. The third kappa shape index (κ3) is 6.21. The van der Waals surface area contributed by atoms with Crippen LogP contribution in [0.4, 0.5) is 5.69 Å². The van der Waals surface area contributed by atoms with Gasteiger partial charge in [0.1, 0.15) is 0 Å². The van der Waals surface area contributed by atoms with Gasteiger partial charge in [0, 0.05) is 50.5 Å². The largest absolute Gasteiger partial charge is 0.383 e. The van der Waals surface area contributed by atoms with E-state index in [1.54, 1.807) is 7.11 Å². The minimum Gasteiger partial charge on any atom is -0.383 e. The molecule has 1 aliphatic rings. The van der Waals surface area contributed by atoms with Crippen LogP contribution < -0.4 is 9.70 Å². The van der Waals surface area contributed by atoms with Gasteiger partial charge >= 0.3 is 0 Å². The van der Waals surface area contributed by atoms with Gasteiger partial charge in [0.15, 0.2) is 4.80 Å². The number of nitrogens with zero attached hydrogens (tertiary/aromatic N) is 4. The molecular formula is C24H27ClN4O3S2. The minimum atomic E-state index is -0.254. The minimum absolute atomic E-state index is 0.0668. The Kier molecular flexibility index (Phi) is 8.66. The van der Waals surface area contributed by atoms with Gasteiger partial charge < -0.3 is 19.1 Å². The second-order valence-electron chi connectivity index (χ2n) is 7.84. The SMILES string of the molecule is COCCn1c(=NC(=O)CSCC(=O)N2CCN(c3ccccc3)CC2)sc2cc(Cl)ccc21. The van der Waals surface area contributed by atoms with Crippen LogP contribution in [0.15, 0.2) is 53.5 Å². The molecule has 1 fully saturated rings. The van der Waals surface area contributed by atoms with Crippen molar-refractivity contribution in [1.82, 2.24) is 9.47 Å². The van der Waals surface area contributed by atoms with Crippen molar-refractivity contribution in [2.45, 2.75) is 6.54 Å². The molecule has 1 aliphatic heterocycles. The first-order chi connectivity index (χ1) is 16.5. The van der Waals surface area contributed by atoms with Gasteiger partial charge in [-0.15, -0.1) is 11.8 Å². The number of hydrogen-bond acceptors (Lipinski definition) is 6. The molecule has 0 aliphatic carbocycles. The number of hydrogen-bond donors (Lipinski definition) is 0. The Hall–Kier alpha value is -2.33. The smallest absolute Gasteiger partial charge is 0.258 e. The third-order valence-electron chi connectivity index (χ3n) is 5.59. The summed E-state index contributed by atoms with van der Waals surface area (Å²) in [6.07, 6.45) is 0. The van der Waals surface area contributed by atoms with E-state index in [1.165, 1.54) is 28.8 Å². The predicted molar refractivity (Wildman–Crippen MR) is 140 cm³/mol. The lowest BCUT2D eigenvalue weighted by molar-refractivity contribution is -0.128. The first-order valence-electron chi connectivity index (χ1n) is 11.1. The second kappa shape index (κ2) is 11.9. The number of carbonyl (C=O) groups is 2. The maximum atomic E-state index is 12.6. The molecule has 1 aromatic heterocycles. The topological polar surface area (TPSA) is 67.1 Å². The van der Waals surface area contributed by atoms with Crippen LogP contribution in [0.2, 0.25) is 5.02 Å². The van der Waals surface area contributed by atoms with Crippen molar-refractivity contribution in [2.24, 2.45) is 4.99 Å². The number of carbonyl (C=O) groups excluding carboxylic acids is 2. The monoisotopic (exact) mass is 518 g/mol. The molecule has 0 spiro atoms. The van der Waals surface area contributed by atoms with E-state index in [4.69, 9.17) is 16.3 Å². The van der Waals surface area contributed by atoms with Crippen molar-refractivity contribution >= 4 is 62.4 Å². The highest BCUT2D eigenvalue weighted by Gasteiger charge is 2.21. The number of methoxy groups -OCH3 is 1. The van der Waals surface area contributed by atoms with Crippen molar-refractivity contribution in [3.05, 3.63) is 58.4 Å². The molecule has 0 bridgehead atoms. The molecule has 10 heteroatoms. The fourth-order valence-corrected chi connectivity index (χ4v) is 5.89. The van der Waals surface area contributed by atoms with Gasteiger partial charge in [0.05, 0.1) is 28.3 Å². The van der Waals surface area contributed by atoms with Crippen LogP contribution in [0.25, 0.3) is 10.2 Å². The van der Waals surface area contributed by atoms with Crippen LogP contribution in [0.5, 0.6) is 0 Å². The van der Waals surface area contributed by atoms with E-state index >= 15 is 0 Å². The van der Waals surface area contributed by atoms with Gasteiger partial charge in [-0.05, 0) is 30.3 Å². The lowest BCUT2D eigenvalue weighted by Gasteiger charge is -2.36. The molecule has 0 unspecified atom stereocenters. The highest BCUT2D eigenvalue weighted by Crippen LogP contribution is 2.22. The number of thiazole rings is 1. The highest BCUT2D eigenvalue weighted by molar-refractivity contribution is 8.00. The van der Waals surface area contributed by atoms with Crippen LogP contribution in [0, 0.1) is 0 Å². The number of amides is 2. The maximum absolute atomic E-state index is 12.6. The molecule has 34 heavy (non-hydrogen) atoms. The van der Waals surface area contributed by atoms with Gasteiger partial charge in [-0.3, -0.25) is 9.59 Å². The fraction of sp³-hybridized carbons (Fsp3) is 0.375. The molecule has 0 atom stereocenters. The number of fused-ring (bicyclic) bond motifs is 1. The summed E-state index contributed by atoms with van der Waals surface area (Å²) < 4.78 is 8.15. The summed E-state index contributed by atoms with van der Waals surface area (Å²) >= 11 is 8.86. The average Bonchev–Trinajstić information content (AvgIpc) is 3.18. The van der Waals surface area contributed by atoms with Crippen molar-refractivity contribution < 1.29 is 14.3 Å². The summed E-state index contributed by atoms with van der Waals surface area (Å²) in [6.45, 7) is 4.10. The maximum Gasteiger partial charge on any atom is 0.258 e. The van der Waals surface area contributed by atoms with Crippen LogP contribution in [-0.4, -0.2) is 72.7 Å². The number of rotatable bonds is 8. The van der Waals surface area contributed by atoms with Crippen molar-refractivity contribution in [3.63, 3.8) is 0 Å². The van der Waals surface area contributed by atoms with Gasteiger partial charge in [0.2, 0.25) is 5.91 Å². The number of piperazine rings is 1. The van der Waals surface area contributed by atoms with E-state index in [0.717, 1.165) is 23.3 Å². The summed E-state index contributed by atoms with van der Waals surface area (Å²) in [5.74, 6) is 0.250.